The maximum atomic E-state index is 9.50. The molecule has 0 heterocycles. The first kappa shape index (κ1) is 11.3. The maximum absolute atomic E-state index is 9.50. The molecule has 0 bridgehead atoms. The van der Waals surface area contributed by atoms with Crippen LogP contribution in [0.2, 0.25) is 5.02 Å². The lowest BCUT2D eigenvalue weighted by Crippen LogP contribution is -2.09. The highest BCUT2D eigenvalue weighted by Gasteiger charge is 2.13. The summed E-state index contributed by atoms with van der Waals surface area (Å²) in [5.41, 5.74) is 0.728. The summed E-state index contributed by atoms with van der Waals surface area (Å²) < 4.78 is 5.55. The Kier molecular flexibility index (Phi) is 3.78. The van der Waals surface area contributed by atoms with Crippen molar-refractivity contribution in [3.05, 3.63) is 28.8 Å². The van der Waals surface area contributed by atoms with Crippen LogP contribution in [0.3, 0.4) is 0 Å². The average molecular weight is 215 g/mol. The van der Waals surface area contributed by atoms with Gasteiger partial charge in [0.05, 0.1) is 17.2 Å². The molecule has 0 amide bonds. The quantitative estimate of drug-likeness (QED) is 0.838. The van der Waals surface area contributed by atoms with Gasteiger partial charge in [-0.3, -0.25) is 0 Å². The number of hydrogen-bond donors (Lipinski definition) is 1. The summed E-state index contributed by atoms with van der Waals surface area (Å²) in [6.45, 7) is 5.54. The van der Waals surface area contributed by atoms with Crippen molar-refractivity contribution in [2.24, 2.45) is 0 Å². The molecular weight excluding hydrogens is 200 g/mol. The van der Waals surface area contributed by atoms with Crippen LogP contribution in [0.25, 0.3) is 0 Å². The Balaban J connectivity index is 3.09. The third-order valence-corrected chi connectivity index (χ3v) is 2.10. The molecule has 0 aliphatic rings. The average Bonchev–Trinajstić information content (AvgIpc) is 2.07. The Morgan fingerprint density at radius 1 is 1.29 bits per heavy atom. The fourth-order valence-electron chi connectivity index (χ4n) is 1.21. The minimum atomic E-state index is -0.567. The molecule has 3 heteroatoms. The van der Waals surface area contributed by atoms with E-state index in [4.69, 9.17) is 16.3 Å². The van der Waals surface area contributed by atoms with Gasteiger partial charge in [-0.15, -0.1) is 0 Å². The number of aliphatic hydroxyl groups is 1. The first-order valence-electron chi connectivity index (χ1n) is 4.65. The second-order valence-electron chi connectivity index (χ2n) is 3.50. The van der Waals surface area contributed by atoms with Gasteiger partial charge in [0.2, 0.25) is 0 Å². The lowest BCUT2D eigenvalue weighted by molar-refractivity contribution is 0.183. The standard InChI is InChI=1S/C11H15ClO2/c1-7(2)14-11-9(8(3)13)5-4-6-10(11)12/h4-8,13H,1-3H3. The van der Waals surface area contributed by atoms with Gasteiger partial charge in [0.15, 0.2) is 0 Å². The minimum absolute atomic E-state index is 0.0485. The summed E-state index contributed by atoms with van der Waals surface area (Å²) >= 11 is 5.98. The first-order chi connectivity index (χ1) is 6.52. The van der Waals surface area contributed by atoms with Crippen molar-refractivity contribution in [1.29, 1.82) is 0 Å². The smallest absolute Gasteiger partial charge is 0.144 e. The Morgan fingerprint density at radius 2 is 1.93 bits per heavy atom. The van der Waals surface area contributed by atoms with Crippen LogP contribution in [0.15, 0.2) is 18.2 Å². The van der Waals surface area contributed by atoms with Gasteiger partial charge >= 0.3 is 0 Å². The van der Waals surface area contributed by atoms with Gasteiger partial charge < -0.3 is 9.84 Å². The maximum Gasteiger partial charge on any atom is 0.144 e. The van der Waals surface area contributed by atoms with Crippen LogP contribution in [0.5, 0.6) is 5.75 Å². The van der Waals surface area contributed by atoms with Gasteiger partial charge in [-0.05, 0) is 26.8 Å². The van der Waals surface area contributed by atoms with E-state index in [1.165, 1.54) is 0 Å². The van der Waals surface area contributed by atoms with Gasteiger partial charge in [-0.25, -0.2) is 0 Å². The summed E-state index contributed by atoms with van der Waals surface area (Å²) in [5.74, 6) is 0.583. The van der Waals surface area contributed by atoms with Crippen LogP contribution in [0.4, 0.5) is 0 Å². The molecule has 1 N–H and O–H groups in total. The van der Waals surface area contributed by atoms with Gasteiger partial charge in [0.1, 0.15) is 5.75 Å². The highest BCUT2D eigenvalue weighted by molar-refractivity contribution is 6.32. The third kappa shape index (κ3) is 2.63. The molecule has 1 rings (SSSR count). The first-order valence-corrected chi connectivity index (χ1v) is 5.03. The van der Waals surface area contributed by atoms with Crippen molar-refractivity contribution in [3.63, 3.8) is 0 Å². The predicted molar refractivity (Wildman–Crippen MR) is 57.8 cm³/mol. The number of aliphatic hydroxyl groups excluding tert-OH is 1. The number of ether oxygens (including phenoxy) is 1. The van der Waals surface area contributed by atoms with E-state index in [1.807, 2.05) is 19.9 Å². The van der Waals surface area contributed by atoms with Gasteiger partial charge in [-0.1, -0.05) is 23.7 Å². The van der Waals surface area contributed by atoms with Crippen LogP contribution >= 0.6 is 11.6 Å². The highest BCUT2D eigenvalue weighted by Crippen LogP contribution is 2.33. The van der Waals surface area contributed by atoms with Crippen LogP contribution in [-0.2, 0) is 0 Å². The van der Waals surface area contributed by atoms with E-state index in [-0.39, 0.29) is 6.10 Å². The van der Waals surface area contributed by atoms with Crippen LogP contribution in [0.1, 0.15) is 32.4 Å². The van der Waals surface area contributed by atoms with Gasteiger partial charge in [0, 0.05) is 5.56 Å². The molecule has 14 heavy (non-hydrogen) atoms. The van der Waals surface area contributed by atoms with Crippen LogP contribution in [-0.4, -0.2) is 11.2 Å². The van der Waals surface area contributed by atoms with Crippen molar-refractivity contribution in [3.8, 4) is 5.75 Å². The summed E-state index contributed by atoms with van der Waals surface area (Å²) in [4.78, 5) is 0. The number of benzene rings is 1. The second-order valence-corrected chi connectivity index (χ2v) is 3.91. The zero-order valence-corrected chi connectivity index (χ0v) is 9.38. The molecule has 1 unspecified atom stereocenters. The second kappa shape index (κ2) is 4.67. The molecular formula is C11H15ClO2. The Hall–Kier alpha value is -0.730. The Morgan fingerprint density at radius 3 is 2.43 bits per heavy atom. The number of hydrogen-bond acceptors (Lipinski definition) is 2. The largest absolute Gasteiger partial charge is 0.489 e. The SMILES string of the molecule is CC(C)Oc1c(Cl)cccc1C(C)O. The Bertz CT molecular complexity index is 308. The Labute approximate surface area is 89.5 Å². The lowest BCUT2D eigenvalue weighted by atomic mass is 10.1. The van der Waals surface area contributed by atoms with E-state index >= 15 is 0 Å². The molecule has 0 aliphatic heterocycles. The van der Waals surface area contributed by atoms with E-state index in [9.17, 15) is 5.11 Å². The zero-order valence-electron chi connectivity index (χ0n) is 8.62. The van der Waals surface area contributed by atoms with Crippen molar-refractivity contribution in [2.45, 2.75) is 33.0 Å². The number of rotatable bonds is 3. The zero-order chi connectivity index (χ0) is 10.7. The van der Waals surface area contributed by atoms with Crippen molar-refractivity contribution < 1.29 is 9.84 Å². The predicted octanol–water partition coefficient (Wildman–Crippen LogP) is 3.18. The topological polar surface area (TPSA) is 29.5 Å². The molecule has 2 nitrogen and oxygen atoms in total. The summed E-state index contributed by atoms with van der Waals surface area (Å²) in [6, 6.07) is 5.37. The molecule has 0 aromatic heterocycles. The number of halogens is 1. The fourth-order valence-corrected chi connectivity index (χ4v) is 1.44. The molecule has 1 atom stereocenters. The van der Waals surface area contributed by atoms with Crippen molar-refractivity contribution in [2.75, 3.05) is 0 Å². The van der Waals surface area contributed by atoms with Gasteiger partial charge in [0.25, 0.3) is 0 Å². The van der Waals surface area contributed by atoms with Crippen molar-refractivity contribution in [1.82, 2.24) is 0 Å². The molecule has 0 spiro atoms. The normalized spacial score (nSPS) is 13.0. The lowest BCUT2D eigenvalue weighted by Gasteiger charge is -2.17. The fraction of sp³-hybridized carbons (Fsp3) is 0.455. The van der Waals surface area contributed by atoms with E-state index in [2.05, 4.69) is 0 Å². The molecule has 0 saturated heterocycles. The molecule has 0 fully saturated rings. The molecule has 1 aromatic carbocycles. The molecule has 0 aliphatic carbocycles. The molecule has 0 saturated carbocycles. The highest BCUT2D eigenvalue weighted by atomic mass is 35.5. The van der Waals surface area contributed by atoms with Crippen molar-refractivity contribution >= 4 is 11.6 Å². The summed E-state index contributed by atoms with van der Waals surface area (Å²) in [6.07, 6.45) is -0.519. The van der Waals surface area contributed by atoms with E-state index in [0.29, 0.717) is 10.8 Å². The molecule has 78 valence electrons. The molecule has 1 aromatic rings. The summed E-state index contributed by atoms with van der Waals surface area (Å²) in [5, 5.41) is 10.0. The number of para-hydroxylation sites is 1. The van der Waals surface area contributed by atoms with Crippen LogP contribution < -0.4 is 4.74 Å². The third-order valence-electron chi connectivity index (χ3n) is 1.80. The minimum Gasteiger partial charge on any atom is -0.489 e. The van der Waals surface area contributed by atoms with Gasteiger partial charge in [-0.2, -0.15) is 0 Å². The molecule has 0 radical (unpaired) electrons. The van der Waals surface area contributed by atoms with E-state index < -0.39 is 6.10 Å². The monoisotopic (exact) mass is 214 g/mol. The van der Waals surface area contributed by atoms with Crippen LogP contribution in [0, 0.1) is 0 Å². The van der Waals surface area contributed by atoms with E-state index in [0.717, 1.165) is 5.56 Å². The summed E-state index contributed by atoms with van der Waals surface area (Å²) in [7, 11) is 0. The van der Waals surface area contributed by atoms with E-state index in [1.54, 1.807) is 19.1 Å².